The smallest absolute Gasteiger partial charge is 0.147 e. The van der Waals surface area contributed by atoms with Gasteiger partial charge in [0.15, 0.2) is 0 Å². The summed E-state index contributed by atoms with van der Waals surface area (Å²) in [6.07, 6.45) is 9.73. The van der Waals surface area contributed by atoms with Crippen molar-refractivity contribution in [2.75, 3.05) is 0 Å². The molecule has 1 saturated carbocycles. The lowest BCUT2D eigenvalue weighted by Crippen LogP contribution is -2.00. The van der Waals surface area contributed by atoms with Crippen LogP contribution in [0, 0.1) is 6.92 Å². The fourth-order valence-electron chi connectivity index (χ4n) is 3.79. The van der Waals surface area contributed by atoms with Gasteiger partial charge in [-0.25, -0.2) is 0 Å². The highest BCUT2D eigenvalue weighted by atomic mass is 35.5. The number of halogens is 3. The van der Waals surface area contributed by atoms with E-state index in [0.29, 0.717) is 38.0 Å². The van der Waals surface area contributed by atoms with Crippen LogP contribution in [-0.4, -0.2) is 10.1 Å². The van der Waals surface area contributed by atoms with E-state index in [1.54, 1.807) is 18.2 Å². The van der Waals surface area contributed by atoms with Gasteiger partial charge in [-0.3, -0.25) is 4.98 Å². The van der Waals surface area contributed by atoms with Crippen molar-refractivity contribution in [2.24, 2.45) is 0 Å². The lowest BCUT2D eigenvalue weighted by atomic mass is 10.0. The first-order valence-corrected chi connectivity index (χ1v) is 12.1. The number of nitrogens with zero attached hydrogens (tertiary/aromatic N) is 2. The van der Waals surface area contributed by atoms with E-state index in [-0.39, 0.29) is 6.61 Å². The van der Waals surface area contributed by atoms with Crippen LogP contribution in [0.2, 0.25) is 15.1 Å². The molecule has 0 atom stereocenters. The molecule has 0 bridgehead atoms. The Kier molecular flexibility index (Phi) is 6.64. The van der Waals surface area contributed by atoms with Crippen LogP contribution in [0.15, 0.2) is 59.4 Å². The number of ether oxygens (including phenoxy) is 1. The van der Waals surface area contributed by atoms with Crippen molar-refractivity contribution in [2.45, 2.75) is 32.3 Å². The van der Waals surface area contributed by atoms with Crippen molar-refractivity contribution in [3.8, 4) is 17.0 Å². The van der Waals surface area contributed by atoms with Crippen LogP contribution in [0.1, 0.15) is 46.8 Å². The largest absolute Gasteiger partial charge is 0.489 e. The molecule has 172 valence electrons. The topological polar surface area (TPSA) is 48.2 Å². The number of rotatable bonds is 7. The Morgan fingerprint density at radius 1 is 1.00 bits per heavy atom. The van der Waals surface area contributed by atoms with Gasteiger partial charge >= 0.3 is 0 Å². The molecule has 0 N–H and O–H groups in total. The van der Waals surface area contributed by atoms with Crippen LogP contribution in [0.3, 0.4) is 0 Å². The van der Waals surface area contributed by atoms with E-state index in [4.69, 9.17) is 44.1 Å². The summed E-state index contributed by atoms with van der Waals surface area (Å²) in [5.41, 5.74) is 5.15. The maximum atomic E-state index is 6.54. The summed E-state index contributed by atoms with van der Waals surface area (Å²) in [6.45, 7) is 2.28. The van der Waals surface area contributed by atoms with E-state index in [1.807, 2.05) is 49.7 Å². The number of aromatic nitrogens is 2. The number of aryl methyl sites for hydroxylation is 1. The van der Waals surface area contributed by atoms with Crippen LogP contribution in [0.5, 0.6) is 5.75 Å². The van der Waals surface area contributed by atoms with Crippen molar-refractivity contribution < 1.29 is 9.26 Å². The summed E-state index contributed by atoms with van der Waals surface area (Å²) in [4.78, 5) is 4.21. The molecule has 34 heavy (non-hydrogen) atoms. The molecule has 2 aromatic heterocycles. The summed E-state index contributed by atoms with van der Waals surface area (Å²) in [7, 11) is 0. The molecule has 1 fully saturated rings. The summed E-state index contributed by atoms with van der Waals surface area (Å²) < 4.78 is 11.8. The molecule has 1 aliphatic carbocycles. The van der Waals surface area contributed by atoms with Crippen molar-refractivity contribution in [1.82, 2.24) is 10.1 Å². The third-order valence-electron chi connectivity index (χ3n) is 5.67. The SMILES string of the molecule is Cc1cncc(C=Cc2ccc(OCc3c(-c4c(Cl)cccc4Cl)noc3C3CC3)cc2Cl)c1. The van der Waals surface area contributed by atoms with Gasteiger partial charge in [-0.05, 0) is 72.9 Å². The second-order valence-corrected chi connectivity index (χ2v) is 9.57. The first-order valence-electron chi connectivity index (χ1n) is 10.9. The molecule has 4 aromatic rings. The zero-order valence-corrected chi connectivity index (χ0v) is 20.7. The predicted octanol–water partition coefficient (Wildman–Crippen LogP) is 8.63. The van der Waals surface area contributed by atoms with Crippen molar-refractivity contribution in [1.29, 1.82) is 0 Å². The molecule has 2 heterocycles. The molecule has 0 unspecified atom stereocenters. The van der Waals surface area contributed by atoms with E-state index >= 15 is 0 Å². The number of benzene rings is 2. The summed E-state index contributed by atoms with van der Waals surface area (Å²) in [5, 5.41) is 5.94. The predicted molar refractivity (Wildman–Crippen MR) is 138 cm³/mol. The molecule has 0 amide bonds. The summed E-state index contributed by atoms with van der Waals surface area (Å²) in [5.74, 6) is 1.84. The minimum atomic E-state index is 0.271. The Hall–Kier alpha value is -2.79. The Morgan fingerprint density at radius 2 is 1.79 bits per heavy atom. The van der Waals surface area contributed by atoms with Crippen LogP contribution < -0.4 is 4.74 Å². The second-order valence-electron chi connectivity index (χ2n) is 8.35. The van der Waals surface area contributed by atoms with E-state index in [0.717, 1.165) is 40.9 Å². The third-order valence-corrected chi connectivity index (χ3v) is 6.63. The van der Waals surface area contributed by atoms with Gasteiger partial charge in [0.05, 0.1) is 20.6 Å². The third kappa shape index (κ3) is 5.00. The van der Waals surface area contributed by atoms with Gasteiger partial charge in [0.25, 0.3) is 0 Å². The molecule has 0 radical (unpaired) electrons. The highest BCUT2D eigenvalue weighted by Crippen LogP contribution is 2.46. The number of hydrogen-bond acceptors (Lipinski definition) is 4. The second kappa shape index (κ2) is 9.83. The number of hydrogen-bond donors (Lipinski definition) is 0. The van der Waals surface area contributed by atoms with E-state index in [1.165, 1.54) is 0 Å². The standard InChI is InChI=1S/C27H21Cl3N2O2/c1-16-11-17(14-31-13-16)5-6-18-9-10-20(12-24(18)30)33-15-21-26(32-34-27(21)19-7-8-19)25-22(28)3-2-4-23(25)29/h2-6,9-14,19H,7-8,15H2,1H3. The number of pyridine rings is 1. The van der Waals surface area contributed by atoms with E-state index in [9.17, 15) is 0 Å². The average molecular weight is 512 g/mol. The lowest BCUT2D eigenvalue weighted by molar-refractivity contribution is 0.300. The minimum absolute atomic E-state index is 0.271. The van der Waals surface area contributed by atoms with Gasteiger partial charge < -0.3 is 9.26 Å². The van der Waals surface area contributed by atoms with Crippen molar-refractivity contribution in [3.63, 3.8) is 0 Å². The molecule has 0 spiro atoms. The van der Waals surface area contributed by atoms with E-state index < -0.39 is 0 Å². The van der Waals surface area contributed by atoms with Gasteiger partial charge in [-0.1, -0.05) is 58.2 Å². The molecule has 1 aliphatic rings. The van der Waals surface area contributed by atoms with Crippen molar-refractivity contribution >= 4 is 47.0 Å². The first-order chi connectivity index (χ1) is 16.5. The fourth-order valence-corrected chi connectivity index (χ4v) is 4.60. The monoisotopic (exact) mass is 510 g/mol. The van der Waals surface area contributed by atoms with E-state index in [2.05, 4.69) is 16.2 Å². The van der Waals surface area contributed by atoms with Crippen LogP contribution in [-0.2, 0) is 6.61 Å². The fraction of sp³-hybridized carbons (Fsp3) is 0.185. The summed E-state index contributed by atoms with van der Waals surface area (Å²) in [6, 6.07) is 13.1. The Labute approximate surface area is 213 Å². The van der Waals surface area contributed by atoms with Crippen LogP contribution in [0.25, 0.3) is 23.4 Å². The van der Waals surface area contributed by atoms with Gasteiger partial charge in [-0.2, -0.15) is 0 Å². The summed E-state index contributed by atoms with van der Waals surface area (Å²) >= 11 is 19.4. The average Bonchev–Trinajstić information content (AvgIpc) is 3.57. The zero-order valence-electron chi connectivity index (χ0n) is 18.4. The minimum Gasteiger partial charge on any atom is -0.489 e. The molecule has 0 saturated heterocycles. The highest BCUT2D eigenvalue weighted by Gasteiger charge is 2.33. The molecule has 5 rings (SSSR count). The van der Waals surface area contributed by atoms with Gasteiger partial charge in [-0.15, -0.1) is 0 Å². The molecule has 4 nitrogen and oxygen atoms in total. The molecule has 2 aromatic carbocycles. The molecular formula is C27H21Cl3N2O2. The normalized spacial score (nSPS) is 13.5. The van der Waals surface area contributed by atoms with Crippen LogP contribution in [0.4, 0.5) is 0 Å². The Morgan fingerprint density at radius 3 is 2.50 bits per heavy atom. The zero-order chi connectivity index (χ0) is 23.7. The molecule has 7 heteroatoms. The maximum absolute atomic E-state index is 6.54. The van der Waals surface area contributed by atoms with Gasteiger partial charge in [0.2, 0.25) is 0 Å². The quantitative estimate of drug-likeness (QED) is 0.249. The lowest BCUT2D eigenvalue weighted by Gasteiger charge is -2.10. The Bertz CT molecular complexity index is 1360. The molecule has 0 aliphatic heterocycles. The van der Waals surface area contributed by atoms with Crippen molar-refractivity contribution in [3.05, 3.63) is 97.9 Å². The first kappa shape index (κ1) is 23.0. The van der Waals surface area contributed by atoms with Crippen LogP contribution >= 0.6 is 34.8 Å². The maximum Gasteiger partial charge on any atom is 0.147 e. The molecular weight excluding hydrogens is 491 g/mol. The van der Waals surface area contributed by atoms with Gasteiger partial charge in [0, 0.05) is 23.9 Å². The Balaban J connectivity index is 1.37. The van der Waals surface area contributed by atoms with Gasteiger partial charge in [0.1, 0.15) is 23.8 Å². The highest BCUT2D eigenvalue weighted by molar-refractivity contribution is 6.39.